The van der Waals surface area contributed by atoms with Gasteiger partial charge in [-0.1, -0.05) is 35.9 Å². The monoisotopic (exact) mass is 301 g/mol. The Kier molecular flexibility index (Phi) is 3.27. The van der Waals surface area contributed by atoms with Crippen molar-refractivity contribution < 1.29 is 9.59 Å². The van der Waals surface area contributed by atoms with E-state index in [1.165, 1.54) is 0 Å². The topological polar surface area (TPSA) is 75.4 Å². The molecule has 2 aromatic carbocycles. The van der Waals surface area contributed by atoms with E-state index in [0.717, 1.165) is 4.90 Å². The molecule has 1 aliphatic rings. The number of nitrogens with zero attached hydrogens (tertiary/aromatic N) is 1. The average Bonchev–Trinajstić information content (AvgIpc) is 2.74. The molecule has 1 fully saturated rings. The highest BCUT2D eigenvalue weighted by molar-refractivity contribution is 6.32. The molecular weight excluding hydrogens is 290 g/mol. The minimum absolute atomic E-state index is 0.376. The molecule has 21 heavy (non-hydrogen) atoms. The number of nitrogens with two attached hydrogens (primary N) is 1. The highest BCUT2D eigenvalue weighted by Gasteiger charge is 2.40. The van der Waals surface area contributed by atoms with Gasteiger partial charge in [-0.25, -0.2) is 9.69 Å². The second kappa shape index (κ2) is 5.10. The first-order valence-corrected chi connectivity index (χ1v) is 6.70. The Labute approximate surface area is 126 Å². The number of hydrogen-bond donors (Lipinski definition) is 2. The van der Waals surface area contributed by atoms with Gasteiger partial charge in [-0.15, -0.1) is 0 Å². The number of imide groups is 1. The maximum absolute atomic E-state index is 12.5. The molecule has 0 bridgehead atoms. The number of benzene rings is 2. The molecule has 106 valence electrons. The number of hydrogen-bond acceptors (Lipinski definition) is 3. The van der Waals surface area contributed by atoms with Gasteiger partial charge in [0.2, 0.25) is 0 Å². The lowest BCUT2D eigenvalue weighted by Crippen LogP contribution is -2.30. The summed E-state index contributed by atoms with van der Waals surface area (Å²) in [6.45, 7) is 0. The highest BCUT2D eigenvalue weighted by Crippen LogP contribution is 2.31. The van der Waals surface area contributed by atoms with Crippen molar-refractivity contribution in [2.45, 2.75) is 6.04 Å². The third-order valence-electron chi connectivity index (χ3n) is 3.28. The number of urea groups is 1. The van der Waals surface area contributed by atoms with Gasteiger partial charge in [0.1, 0.15) is 6.04 Å². The molecule has 1 atom stereocenters. The number of anilines is 2. The third-order valence-corrected chi connectivity index (χ3v) is 3.63. The van der Waals surface area contributed by atoms with Crippen LogP contribution in [0.25, 0.3) is 0 Å². The molecule has 0 aromatic heterocycles. The van der Waals surface area contributed by atoms with Gasteiger partial charge < -0.3 is 11.1 Å². The first-order valence-electron chi connectivity index (χ1n) is 6.32. The molecule has 0 saturated carbocycles. The van der Waals surface area contributed by atoms with Gasteiger partial charge in [0.15, 0.2) is 0 Å². The lowest BCUT2D eigenvalue weighted by molar-refractivity contribution is -0.118. The van der Waals surface area contributed by atoms with Crippen LogP contribution in [0.15, 0.2) is 48.5 Å². The Bertz CT molecular complexity index is 732. The van der Waals surface area contributed by atoms with Crippen LogP contribution in [0.4, 0.5) is 16.2 Å². The summed E-state index contributed by atoms with van der Waals surface area (Å²) < 4.78 is 0. The van der Waals surface area contributed by atoms with Gasteiger partial charge in [0.05, 0.1) is 5.69 Å². The van der Waals surface area contributed by atoms with Crippen molar-refractivity contribution in [2.24, 2.45) is 0 Å². The molecule has 0 aliphatic carbocycles. The molecule has 1 saturated heterocycles. The maximum atomic E-state index is 12.5. The molecule has 2 aromatic rings. The molecule has 6 heteroatoms. The largest absolute Gasteiger partial charge is 0.399 e. The normalized spacial score (nSPS) is 18.0. The summed E-state index contributed by atoms with van der Waals surface area (Å²) in [7, 11) is 0. The number of carbonyl (C=O) groups is 2. The average molecular weight is 302 g/mol. The van der Waals surface area contributed by atoms with Crippen LogP contribution in [-0.2, 0) is 4.79 Å². The van der Waals surface area contributed by atoms with Crippen LogP contribution in [0.2, 0.25) is 5.02 Å². The van der Waals surface area contributed by atoms with Crippen LogP contribution >= 0.6 is 11.6 Å². The molecule has 3 amide bonds. The summed E-state index contributed by atoms with van der Waals surface area (Å²) in [5.41, 5.74) is 7.19. The lowest BCUT2D eigenvalue weighted by Gasteiger charge is -2.14. The minimum Gasteiger partial charge on any atom is -0.399 e. The number of rotatable bonds is 2. The molecule has 1 heterocycles. The number of carbonyl (C=O) groups excluding carboxylic acids is 2. The Morgan fingerprint density at radius 2 is 1.86 bits per heavy atom. The maximum Gasteiger partial charge on any atom is 0.329 e. The molecular formula is C15H12ClN3O2. The van der Waals surface area contributed by atoms with Gasteiger partial charge in [-0.05, 0) is 24.3 Å². The summed E-state index contributed by atoms with van der Waals surface area (Å²) >= 11 is 6.09. The first kappa shape index (κ1) is 13.5. The van der Waals surface area contributed by atoms with Crippen LogP contribution in [-0.4, -0.2) is 11.9 Å². The zero-order valence-electron chi connectivity index (χ0n) is 10.9. The van der Waals surface area contributed by atoms with Crippen LogP contribution in [0.5, 0.6) is 0 Å². The number of amides is 3. The van der Waals surface area contributed by atoms with E-state index >= 15 is 0 Å². The van der Waals surface area contributed by atoms with E-state index in [-0.39, 0.29) is 5.91 Å². The molecule has 3 N–H and O–H groups in total. The van der Waals surface area contributed by atoms with E-state index in [1.807, 2.05) is 0 Å². The highest BCUT2D eigenvalue weighted by atomic mass is 35.5. The summed E-state index contributed by atoms with van der Waals surface area (Å²) in [5.74, 6) is -0.376. The van der Waals surface area contributed by atoms with Crippen LogP contribution in [0, 0.1) is 0 Å². The zero-order chi connectivity index (χ0) is 15.0. The second-order valence-corrected chi connectivity index (χ2v) is 5.08. The SMILES string of the molecule is Nc1cccc(N2C(=O)N[C@H](c3ccccc3Cl)C2=O)c1. The fraction of sp³-hybridized carbons (Fsp3) is 0.0667. The summed E-state index contributed by atoms with van der Waals surface area (Å²) in [6, 6.07) is 12.3. The van der Waals surface area contributed by atoms with Gasteiger partial charge in [0, 0.05) is 16.3 Å². The van der Waals surface area contributed by atoms with Crippen LogP contribution in [0.1, 0.15) is 11.6 Å². The van der Waals surface area contributed by atoms with Crippen LogP contribution < -0.4 is 16.0 Å². The van der Waals surface area contributed by atoms with E-state index in [9.17, 15) is 9.59 Å². The number of halogens is 1. The summed E-state index contributed by atoms with van der Waals surface area (Å²) in [4.78, 5) is 25.7. The number of nitrogens with one attached hydrogen (secondary N) is 1. The fourth-order valence-electron chi connectivity index (χ4n) is 2.31. The molecule has 0 unspecified atom stereocenters. The summed E-state index contributed by atoms with van der Waals surface area (Å²) in [5, 5.41) is 3.08. The quantitative estimate of drug-likeness (QED) is 0.661. The fourth-order valence-corrected chi connectivity index (χ4v) is 2.55. The van der Waals surface area contributed by atoms with Crippen molar-refractivity contribution in [3.63, 3.8) is 0 Å². The van der Waals surface area contributed by atoms with Gasteiger partial charge in [0.25, 0.3) is 5.91 Å². The predicted octanol–water partition coefficient (Wildman–Crippen LogP) is 2.72. The van der Waals surface area contributed by atoms with Gasteiger partial charge in [-0.3, -0.25) is 4.79 Å². The van der Waals surface area contributed by atoms with Crippen molar-refractivity contribution in [2.75, 3.05) is 10.6 Å². The van der Waals surface area contributed by atoms with Crippen LogP contribution in [0.3, 0.4) is 0 Å². The Hall–Kier alpha value is -2.53. The van der Waals surface area contributed by atoms with Crippen molar-refractivity contribution in [3.8, 4) is 0 Å². The zero-order valence-corrected chi connectivity index (χ0v) is 11.7. The van der Waals surface area contributed by atoms with E-state index in [2.05, 4.69) is 5.32 Å². The van der Waals surface area contributed by atoms with E-state index < -0.39 is 12.1 Å². The second-order valence-electron chi connectivity index (χ2n) is 4.67. The first-order chi connectivity index (χ1) is 10.1. The minimum atomic E-state index is -0.785. The Morgan fingerprint density at radius 1 is 1.10 bits per heavy atom. The van der Waals surface area contributed by atoms with Crippen molar-refractivity contribution in [1.29, 1.82) is 0 Å². The molecule has 1 aliphatic heterocycles. The van der Waals surface area contributed by atoms with Gasteiger partial charge >= 0.3 is 6.03 Å². The third kappa shape index (κ3) is 2.32. The smallest absolute Gasteiger partial charge is 0.329 e. The van der Waals surface area contributed by atoms with E-state index in [0.29, 0.717) is 22.0 Å². The van der Waals surface area contributed by atoms with E-state index in [4.69, 9.17) is 17.3 Å². The van der Waals surface area contributed by atoms with Crippen molar-refractivity contribution in [1.82, 2.24) is 5.32 Å². The van der Waals surface area contributed by atoms with Crippen molar-refractivity contribution in [3.05, 3.63) is 59.1 Å². The lowest BCUT2D eigenvalue weighted by atomic mass is 10.1. The van der Waals surface area contributed by atoms with E-state index in [1.54, 1.807) is 48.5 Å². The Balaban J connectivity index is 1.98. The molecule has 5 nitrogen and oxygen atoms in total. The van der Waals surface area contributed by atoms with Gasteiger partial charge in [-0.2, -0.15) is 0 Å². The predicted molar refractivity (Wildman–Crippen MR) is 81.1 cm³/mol. The standard InChI is InChI=1S/C15H12ClN3O2/c16-12-7-2-1-6-11(12)13-14(20)19(15(21)18-13)10-5-3-4-9(17)8-10/h1-8,13H,17H2,(H,18,21)/t13-/m1/s1. The Morgan fingerprint density at radius 3 is 2.57 bits per heavy atom. The van der Waals surface area contributed by atoms with Crippen molar-refractivity contribution >= 4 is 34.9 Å². The molecule has 0 spiro atoms. The summed E-state index contributed by atoms with van der Waals surface area (Å²) in [6.07, 6.45) is 0. The number of nitrogen functional groups attached to an aromatic ring is 1. The molecule has 3 rings (SSSR count). The molecule has 0 radical (unpaired) electrons.